The van der Waals surface area contributed by atoms with Gasteiger partial charge in [0.1, 0.15) is 0 Å². The first kappa shape index (κ1) is 22.8. The molecule has 7 nitrogen and oxygen atoms in total. The second-order valence-corrected chi connectivity index (χ2v) is 9.67. The van der Waals surface area contributed by atoms with Gasteiger partial charge in [0.15, 0.2) is 0 Å². The van der Waals surface area contributed by atoms with Gasteiger partial charge in [-0.25, -0.2) is 8.42 Å². The maximum atomic E-state index is 12.8. The number of piperidine rings is 1. The topological polar surface area (TPSA) is 95.6 Å². The molecule has 0 saturated carbocycles. The van der Waals surface area contributed by atoms with Crippen LogP contribution in [0.4, 0.5) is 5.69 Å². The second-order valence-electron chi connectivity index (χ2n) is 7.92. The molecule has 2 amide bonds. The third-order valence-electron chi connectivity index (χ3n) is 5.30. The van der Waals surface area contributed by atoms with E-state index in [1.165, 1.54) is 5.56 Å². The predicted octanol–water partition coefficient (Wildman–Crippen LogP) is 2.66. The quantitative estimate of drug-likeness (QED) is 0.613. The number of nitrogens with one attached hydrogen (secondary N) is 2. The molecule has 1 fully saturated rings. The Morgan fingerprint density at radius 1 is 1.06 bits per heavy atom. The molecule has 1 saturated heterocycles. The van der Waals surface area contributed by atoms with E-state index in [9.17, 15) is 18.0 Å². The lowest BCUT2D eigenvalue weighted by atomic mass is 9.96. The normalized spacial score (nSPS) is 16.5. The molecule has 8 heteroatoms. The average Bonchev–Trinajstić information content (AvgIpc) is 2.76. The second kappa shape index (κ2) is 10.4. The molecule has 3 rings (SSSR count). The highest BCUT2D eigenvalue weighted by Gasteiger charge is 2.28. The van der Waals surface area contributed by atoms with Crippen molar-refractivity contribution in [3.63, 3.8) is 0 Å². The van der Waals surface area contributed by atoms with E-state index in [-0.39, 0.29) is 17.7 Å². The van der Waals surface area contributed by atoms with Gasteiger partial charge in [-0.1, -0.05) is 30.3 Å². The Kier molecular flexibility index (Phi) is 7.68. The highest BCUT2D eigenvalue weighted by Crippen LogP contribution is 2.20. The molecule has 0 bridgehead atoms. The fourth-order valence-electron chi connectivity index (χ4n) is 3.75. The lowest BCUT2D eigenvalue weighted by molar-refractivity contribution is -0.126. The third-order valence-corrected chi connectivity index (χ3v) is 5.91. The third kappa shape index (κ3) is 7.10. The number of likely N-dealkylation sites (tertiary alicyclic amines) is 1. The molecular weight excluding hydrogens is 414 g/mol. The summed E-state index contributed by atoms with van der Waals surface area (Å²) in [7, 11) is -3.36. The van der Waals surface area contributed by atoms with Crippen LogP contribution in [0.15, 0.2) is 54.6 Å². The number of aryl methyl sites for hydroxylation is 1. The van der Waals surface area contributed by atoms with E-state index in [4.69, 9.17) is 0 Å². The fourth-order valence-corrected chi connectivity index (χ4v) is 4.31. The monoisotopic (exact) mass is 443 g/mol. The number of hydrogen-bond donors (Lipinski definition) is 2. The minimum atomic E-state index is -3.36. The van der Waals surface area contributed by atoms with E-state index < -0.39 is 10.0 Å². The summed E-state index contributed by atoms with van der Waals surface area (Å²) >= 11 is 0. The van der Waals surface area contributed by atoms with Gasteiger partial charge in [0.05, 0.1) is 12.2 Å². The minimum absolute atomic E-state index is 0.00161. The van der Waals surface area contributed by atoms with Crippen molar-refractivity contribution in [1.29, 1.82) is 0 Å². The number of anilines is 1. The average molecular weight is 444 g/mol. The molecular formula is C23H29N3O4S. The maximum absolute atomic E-state index is 12.8. The summed E-state index contributed by atoms with van der Waals surface area (Å²) < 4.78 is 25.0. The number of carbonyl (C=O) groups is 2. The van der Waals surface area contributed by atoms with E-state index in [1.54, 1.807) is 29.2 Å². The first-order valence-corrected chi connectivity index (χ1v) is 12.4. The summed E-state index contributed by atoms with van der Waals surface area (Å²) in [4.78, 5) is 27.1. The van der Waals surface area contributed by atoms with Crippen LogP contribution in [-0.4, -0.2) is 51.0 Å². The number of sulfonamides is 1. The van der Waals surface area contributed by atoms with Gasteiger partial charge in [-0.3, -0.25) is 14.3 Å². The van der Waals surface area contributed by atoms with Crippen LogP contribution < -0.4 is 10.0 Å². The zero-order valence-electron chi connectivity index (χ0n) is 17.7. The molecule has 0 spiro atoms. The Morgan fingerprint density at radius 3 is 2.45 bits per heavy atom. The van der Waals surface area contributed by atoms with Gasteiger partial charge < -0.3 is 10.2 Å². The van der Waals surface area contributed by atoms with Gasteiger partial charge in [0.2, 0.25) is 15.9 Å². The maximum Gasteiger partial charge on any atom is 0.253 e. The molecule has 1 aliphatic heterocycles. The molecule has 166 valence electrons. The first-order chi connectivity index (χ1) is 14.8. The van der Waals surface area contributed by atoms with Crippen LogP contribution in [0, 0.1) is 5.92 Å². The number of amides is 2. The van der Waals surface area contributed by atoms with Crippen LogP contribution in [0.5, 0.6) is 0 Å². The first-order valence-electron chi connectivity index (χ1n) is 10.5. The van der Waals surface area contributed by atoms with Crippen molar-refractivity contribution in [2.75, 3.05) is 30.6 Å². The summed E-state index contributed by atoms with van der Waals surface area (Å²) in [5, 5.41) is 3.01. The summed E-state index contributed by atoms with van der Waals surface area (Å²) in [5.41, 5.74) is 2.14. The Hall–Kier alpha value is -2.87. The Morgan fingerprint density at radius 2 is 1.77 bits per heavy atom. The van der Waals surface area contributed by atoms with E-state index in [1.807, 2.05) is 18.2 Å². The zero-order valence-corrected chi connectivity index (χ0v) is 18.5. The number of carbonyl (C=O) groups excluding carboxylic acids is 2. The van der Waals surface area contributed by atoms with Crippen molar-refractivity contribution < 1.29 is 18.0 Å². The molecule has 1 unspecified atom stereocenters. The van der Waals surface area contributed by atoms with E-state index in [0.717, 1.165) is 31.9 Å². The van der Waals surface area contributed by atoms with Crippen LogP contribution >= 0.6 is 0 Å². The van der Waals surface area contributed by atoms with E-state index in [0.29, 0.717) is 30.9 Å². The fraction of sp³-hybridized carbons (Fsp3) is 0.391. The summed E-state index contributed by atoms with van der Waals surface area (Å²) in [6.07, 6.45) is 4.42. The molecule has 2 aromatic carbocycles. The molecule has 1 atom stereocenters. The smallest absolute Gasteiger partial charge is 0.253 e. The molecule has 31 heavy (non-hydrogen) atoms. The van der Waals surface area contributed by atoms with Crippen molar-refractivity contribution in [3.05, 3.63) is 65.7 Å². The predicted molar refractivity (Wildman–Crippen MR) is 121 cm³/mol. The van der Waals surface area contributed by atoms with E-state index in [2.05, 4.69) is 22.2 Å². The van der Waals surface area contributed by atoms with E-state index >= 15 is 0 Å². The molecule has 0 radical (unpaired) electrons. The Labute approximate surface area is 183 Å². The Balaban J connectivity index is 1.48. The van der Waals surface area contributed by atoms with Crippen LogP contribution in [-0.2, 0) is 21.2 Å². The van der Waals surface area contributed by atoms with Gasteiger partial charge in [-0.15, -0.1) is 0 Å². The van der Waals surface area contributed by atoms with Crippen molar-refractivity contribution in [2.45, 2.75) is 25.7 Å². The van der Waals surface area contributed by atoms with Crippen LogP contribution in [0.3, 0.4) is 0 Å². The molecule has 0 aliphatic carbocycles. The molecule has 1 heterocycles. The molecule has 0 aromatic heterocycles. The standard InChI is InChI=1S/C23H29N3O4S/c1-31(29,30)25-21-13-11-19(12-14-21)23(28)26-16-6-10-20(17-26)22(27)24-15-5-9-18-7-3-2-4-8-18/h2-4,7-8,11-14,20,25H,5-6,9-10,15-17H2,1H3,(H,24,27). The van der Waals surface area contributed by atoms with Crippen molar-refractivity contribution in [3.8, 4) is 0 Å². The number of rotatable bonds is 8. The number of hydrogen-bond acceptors (Lipinski definition) is 4. The van der Waals surface area contributed by atoms with Gasteiger partial charge >= 0.3 is 0 Å². The lowest BCUT2D eigenvalue weighted by Gasteiger charge is -2.32. The van der Waals surface area contributed by atoms with Crippen molar-refractivity contribution in [2.24, 2.45) is 5.92 Å². The summed E-state index contributed by atoms with van der Waals surface area (Å²) in [6.45, 7) is 1.62. The van der Waals surface area contributed by atoms with Gasteiger partial charge in [-0.05, 0) is 55.5 Å². The lowest BCUT2D eigenvalue weighted by Crippen LogP contribution is -2.45. The Bertz CT molecular complexity index is 991. The van der Waals surface area contributed by atoms with Crippen molar-refractivity contribution >= 4 is 27.5 Å². The number of nitrogens with zero attached hydrogens (tertiary/aromatic N) is 1. The highest BCUT2D eigenvalue weighted by molar-refractivity contribution is 7.92. The molecule has 2 aromatic rings. The largest absolute Gasteiger partial charge is 0.356 e. The van der Waals surface area contributed by atoms with Crippen LogP contribution in [0.2, 0.25) is 0 Å². The zero-order chi connectivity index (χ0) is 22.3. The minimum Gasteiger partial charge on any atom is -0.356 e. The van der Waals surface area contributed by atoms with Crippen molar-refractivity contribution in [1.82, 2.24) is 10.2 Å². The van der Waals surface area contributed by atoms with Gasteiger partial charge in [-0.2, -0.15) is 0 Å². The van der Waals surface area contributed by atoms with Crippen LogP contribution in [0.1, 0.15) is 35.2 Å². The molecule has 1 aliphatic rings. The van der Waals surface area contributed by atoms with Gasteiger partial charge in [0, 0.05) is 30.9 Å². The van der Waals surface area contributed by atoms with Crippen LogP contribution in [0.25, 0.3) is 0 Å². The van der Waals surface area contributed by atoms with Gasteiger partial charge in [0.25, 0.3) is 5.91 Å². The highest BCUT2D eigenvalue weighted by atomic mass is 32.2. The summed E-state index contributed by atoms with van der Waals surface area (Å²) in [6, 6.07) is 16.5. The molecule has 2 N–H and O–H groups in total. The SMILES string of the molecule is CS(=O)(=O)Nc1ccc(C(=O)N2CCCC(C(=O)NCCCc3ccccc3)C2)cc1. The number of benzene rings is 2. The summed E-state index contributed by atoms with van der Waals surface area (Å²) in [5.74, 6) is -0.355.